The number of carbonyl (C=O) groups is 2. The van der Waals surface area contributed by atoms with Gasteiger partial charge in [-0.15, -0.1) is 0 Å². The second kappa shape index (κ2) is 11.4. The topological polar surface area (TPSA) is 107 Å². The fourth-order valence-corrected chi connectivity index (χ4v) is 4.23. The van der Waals surface area contributed by atoms with Gasteiger partial charge in [-0.3, -0.25) is 0 Å². The Kier molecular flexibility index (Phi) is 8.23. The number of methoxy groups -OCH3 is 1. The van der Waals surface area contributed by atoms with Crippen molar-refractivity contribution >= 4 is 41.1 Å². The summed E-state index contributed by atoms with van der Waals surface area (Å²) in [5.74, 6) is 0.462. The van der Waals surface area contributed by atoms with Crippen LogP contribution < -0.4 is 9.64 Å². The molecule has 2 aromatic heterocycles. The summed E-state index contributed by atoms with van der Waals surface area (Å²) in [5.41, 5.74) is 0.440. The lowest BCUT2D eigenvalue weighted by molar-refractivity contribution is 0.0240. The first-order chi connectivity index (χ1) is 18.0. The van der Waals surface area contributed by atoms with Crippen LogP contribution in [-0.4, -0.2) is 70.8 Å². The minimum atomic E-state index is -0.648. The molecule has 4 rings (SSSR count). The van der Waals surface area contributed by atoms with Gasteiger partial charge < -0.3 is 24.0 Å². The Balaban J connectivity index is 1.47. The van der Waals surface area contributed by atoms with E-state index in [9.17, 15) is 9.59 Å². The van der Waals surface area contributed by atoms with Crippen LogP contribution in [0.4, 0.5) is 10.6 Å². The molecular weight excluding hydrogens is 533 g/mol. The second-order valence-electron chi connectivity index (χ2n) is 9.48. The van der Waals surface area contributed by atoms with Crippen LogP contribution in [0.5, 0.6) is 11.8 Å². The third-order valence-electron chi connectivity index (χ3n) is 5.44. The first-order valence-corrected chi connectivity index (χ1v) is 12.6. The van der Waals surface area contributed by atoms with Gasteiger partial charge in [0.15, 0.2) is 5.69 Å². The SMILES string of the molecule is COC(=O)c1cc(-c2cc(Cl)cc(Cl)c2)nc(Oc2ccc(N3CCN(C(=O)OC(C)(C)C)CC3)nc2)n1. The van der Waals surface area contributed by atoms with E-state index in [4.69, 9.17) is 37.4 Å². The largest absolute Gasteiger partial charge is 0.464 e. The predicted octanol–water partition coefficient (Wildman–Crippen LogP) is 5.48. The van der Waals surface area contributed by atoms with Crippen molar-refractivity contribution in [2.45, 2.75) is 26.4 Å². The lowest BCUT2D eigenvalue weighted by Crippen LogP contribution is -2.50. The van der Waals surface area contributed by atoms with Crippen LogP contribution in [0.2, 0.25) is 10.0 Å². The quantitative estimate of drug-likeness (QED) is 0.375. The lowest BCUT2D eigenvalue weighted by Gasteiger charge is -2.36. The van der Waals surface area contributed by atoms with Gasteiger partial charge in [0.05, 0.1) is 19.0 Å². The van der Waals surface area contributed by atoms with Crippen LogP contribution in [-0.2, 0) is 9.47 Å². The number of hydrogen-bond acceptors (Lipinski definition) is 9. The summed E-state index contributed by atoms with van der Waals surface area (Å²) >= 11 is 12.3. The van der Waals surface area contributed by atoms with Crippen LogP contribution in [0.15, 0.2) is 42.6 Å². The fourth-order valence-electron chi connectivity index (χ4n) is 3.70. The number of nitrogens with zero attached hydrogens (tertiary/aromatic N) is 5. The standard InChI is InChI=1S/C26H27Cl2N5O5/c1-26(2,3)38-25(35)33-9-7-32(8-10-33)22-6-5-19(15-29-22)37-24-30-20(14-21(31-24)23(34)36-4)16-11-17(27)13-18(28)12-16/h5-6,11-15H,7-10H2,1-4H3. The zero-order valence-electron chi connectivity index (χ0n) is 21.4. The molecule has 38 heavy (non-hydrogen) atoms. The van der Waals surface area contributed by atoms with Crippen molar-refractivity contribution in [1.82, 2.24) is 19.9 Å². The van der Waals surface area contributed by atoms with Crippen molar-refractivity contribution in [2.24, 2.45) is 0 Å². The van der Waals surface area contributed by atoms with E-state index in [0.717, 1.165) is 5.82 Å². The highest BCUT2D eigenvalue weighted by Gasteiger charge is 2.26. The molecule has 0 unspecified atom stereocenters. The molecule has 0 bridgehead atoms. The van der Waals surface area contributed by atoms with Gasteiger partial charge in [0, 0.05) is 41.8 Å². The van der Waals surface area contributed by atoms with Crippen molar-refractivity contribution in [3.63, 3.8) is 0 Å². The number of ether oxygens (including phenoxy) is 3. The Bertz CT molecular complexity index is 1300. The van der Waals surface area contributed by atoms with Gasteiger partial charge in [-0.05, 0) is 57.2 Å². The summed E-state index contributed by atoms with van der Waals surface area (Å²) in [6.45, 7) is 7.82. The van der Waals surface area contributed by atoms with Crippen LogP contribution >= 0.6 is 23.2 Å². The number of aromatic nitrogens is 3. The van der Waals surface area contributed by atoms with Gasteiger partial charge in [-0.25, -0.2) is 14.6 Å². The fraction of sp³-hybridized carbons (Fsp3) is 0.346. The minimum absolute atomic E-state index is 0.0102. The molecule has 0 atom stereocenters. The van der Waals surface area contributed by atoms with Crippen molar-refractivity contribution in [3.05, 3.63) is 58.3 Å². The van der Waals surface area contributed by atoms with Gasteiger partial charge in [0.2, 0.25) is 0 Å². The number of carbonyl (C=O) groups excluding carboxylic acids is 2. The first kappa shape index (κ1) is 27.4. The van der Waals surface area contributed by atoms with E-state index >= 15 is 0 Å². The summed E-state index contributed by atoms with van der Waals surface area (Å²) in [6, 6.07) is 9.86. The first-order valence-electron chi connectivity index (χ1n) is 11.8. The molecule has 1 aliphatic rings. The highest BCUT2D eigenvalue weighted by atomic mass is 35.5. The molecule has 3 heterocycles. The number of halogens is 2. The predicted molar refractivity (Wildman–Crippen MR) is 143 cm³/mol. The highest BCUT2D eigenvalue weighted by Crippen LogP contribution is 2.29. The number of rotatable bonds is 5. The smallest absolute Gasteiger partial charge is 0.410 e. The molecule has 1 saturated heterocycles. The summed E-state index contributed by atoms with van der Waals surface area (Å²) in [6.07, 6.45) is 1.22. The summed E-state index contributed by atoms with van der Waals surface area (Å²) in [7, 11) is 1.26. The third kappa shape index (κ3) is 7.02. The molecule has 10 nitrogen and oxygen atoms in total. The molecule has 1 aliphatic heterocycles. The number of pyridine rings is 1. The molecule has 0 radical (unpaired) electrons. The Morgan fingerprint density at radius 3 is 2.21 bits per heavy atom. The maximum Gasteiger partial charge on any atom is 0.410 e. The molecule has 1 aromatic carbocycles. The third-order valence-corrected chi connectivity index (χ3v) is 5.88. The van der Waals surface area contributed by atoms with Crippen LogP contribution in [0.25, 0.3) is 11.3 Å². The molecule has 1 amide bonds. The molecule has 1 fully saturated rings. The van der Waals surface area contributed by atoms with E-state index in [1.165, 1.54) is 13.2 Å². The Hall–Kier alpha value is -3.63. The normalized spacial score (nSPS) is 13.7. The average molecular weight is 560 g/mol. The van der Waals surface area contributed by atoms with Gasteiger partial charge in [0.1, 0.15) is 17.2 Å². The van der Waals surface area contributed by atoms with Crippen molar-refractivity contribution in [3.8, 4) is 23.0 Å². The van der Waals surface area contributed by atoms with E-state index in [2.05, 4.69) is 19.9 Å². The second-order valence-corrected chi connectivity index (χ2v) is 10.4. The number of hydrogen-bond donors (Lipinski definition) is 0. The van der Waals surface area contributed by atoms with E-state index < -0.39 is 11.6 Å². The lowest BCUT2D eigenvalue weighted by atomic mass is 10.1. The number of anilines is 1. The van der Waals surface area contributed by atoms with E-state index in [0.29, 0.717) is 53.2 Å². The van der Waals surface area contributed by atoms with Gasteiger partial charge >= 0.3 is 18.1 Å². The number of amides is 1. The molecule has 12 heteroatoms. The molecule has 0 spiro atoms. The van der Waals surface area contributed by atoms with Crippen molar-refractivity contribution in [1.29, 1.82) is 0 Å². The van der Waals surface area contributed by atoms with Gasteiger partial charge in [0.25, 0.3) is 0 Å². The van der Waals surface area contributed by atoms with Crippen LogP contribution in [0.3, 0.4) is 0 Å². The minimum Gasteiger partial charge on any atom is -0.464 e. The summed E-state index contributed by atoms with van der Waals surface area (Å²) < 4.78 is 16.1. The number of piperazine rings is 1. The zero-order valence-corrected chi connectivity index (χ0v) is 22.9. The Morgan fingerprint density at radius 1 is 0.947 bits per heavy atom. The number of esters is 1. The van der Waals surface area contributed by atoms with E-state index in [1.54, 1.807) is 41.4 Å². The zero-order chi connectivity index (χ0) is 27.4. The Morgan fingerprint density at radius 2 is 1.63 bits per heavy atom. The summed E-state index contributed by atoms with van der Waals surface area (Å²) in [4.78, 5) is 41.4. The van der Waals surface area contributed by atoms with E-state index in [-0.39, 0.29) is 17.8 Å². The van der Waals surface area contributed by atoms with Crippen LogP contribution in [0.1, 0.15) is 31.3 Å². The van der Waals surface area contributed by atoms with Crippen molar-refractivity contribution in [2.75, 3.05) is 38.2 Å². The molecule has 3 aromatic rings. The molecule has 200 valence electrons. The molecule has 0 N–H and O–H groups in total. The summed E-state index contributed by atoms with van der Waals surface area (Å²) in [5, 5.41) is 0.833. The molecular formula is C26H27Cl2N5O5. The monoisotopic (exact) mass is 559 g/mol. The van der Waals surface area contributed by atoms with Crippen LogP contribution in [0, 0.1) is 0 Å². The van der Waals surface area contributed by atoms with Gasteiger partial charge in [-0.1, -0.05) is 23.2 Å². The van der Waals surface area contributed by atoms with E-state index in [1.807, 2.05) is 20.8 Å². The Labute approximate surface area is 230 Å². The number of benzene rings is 1. The average Bonchev–Trinajstić information content (AvgIpc) is 2.87. The van der Waals surface area contributed by atoms with Crippen molar-refractivity contribution < 1.29 is 23.8 Å². The molecule has 0 saturated carbocycles. The maximum atomic E-state index is 12.3. The molecule has 0 aliphatic carbocycles. The highest BCUT2D eigenvalue weighted by molar-refractivity contribution is 6.35. The van der Waals surface area contributed by atoms with Gasteiger partial charge in [-0.2, -0.15) is 9.97 Å². The maximum absolute atomic E-state index is 12.3.